The minimum absolute atomic E-state index is 0.0700. The molecule has 0 spiro atoms. The van der Waals surface area contributed by atoms with Crippen LogP contribution in [0, 0.1) is 0 Å². The highest BCUT2D eigenvalue weighted by molar-refractivity contribution is 7.89. The number of carbonyl (C=O) groups excluding carboxylic acids is 2. The van der Waals surface area contributed by atoms with Crippen LogP contribution in [0.5, 0.6) is 0 Å². The molecule has 0 bridgehead atoms. The molecule has 2 heterocycles. The van der Waals surface area contributed by atoms with Crippen molar-refractivity contribution in [3.63, 3.8) is 0 Å². The summed E-state index contributed by atoms with van der Waals surface area (Å²) in [5.41, 5.74) is -0.677. The first kappa shape index (κ1) is 14.4. The molecule has 1 fully saturated rings. The van der Waals surface area contributed by atoms with Crippen LogP contribution < -0.4 is 10.2 Å². The number of sulfonamides is 1. The Labute approximate surface area is 114 Å². The zero-order valence-corrected chi connectivity index (χ0v) is 11.4. The van der Waals surface area contributed by atoms with Crippen molar-refractivity contribution < 1.29 is 18.0 Å². The predicted molar refractivity (Wildman–Crippen MR) is 68.2 cm³/mol. The van der Waals surface area contributed by atoms with E-state index in [2.05, 4.69) is 9.71 Å². The smallest absolute Gasteiger partial charge is 0.247 e. The number of H-pyrrole nitrogens is 1. The largest absolute Gasteiger partial charge is 0.366 e. The molecule has 2 N–H and O–H groups in total. The number of rotatable bonds is 3. The van der Waals surface area contributed by atoms with Crippen LogP contribution in [0.15, 0.2) is 28.2 Å². The first-order valence-corrected chi connectivity index (χ1v) is 7.31. The lowest BCUT2D eigenvalue weighted by Crippen LogP contribution is -2.53. The fraction of sp³-hybridized carbons (Fsp3) is 0.364. The van der Waals surface area contributed by atoms with Crippen molar-refractivity contribution in [2.24, 2.45) is 0 Å². The lowest BCUT2D eigenvalue weighted by atomic mass is 10.1. The zero-order chi connectivity index (χ0) is 14.9. The molecule has 8 nitrogen and oxygen atoms in total. The first-order chi connectivity index (χ1) is 9.33. The summed E-state index contributed by atoms with van der Waals surface area (Å²) in [4.78, 5) is 37.6. The lowest BCUT2D eigenvalue weighted by molar-refractivity contribution is -0.147. The van der Waals surface area contributed by atoms with E-state index in [1.54, 1.807) is 0 Å². The summed E-state index contributed by atoms with van der Waals surface area (Å²) in [6, 6.07) is 0.0368. The lowest BCUT2D eigenvalue weighted by Gasteiger charge is -2.27. The maximum absolute atomic E-state index is 12.1. The third-order valence-corrected chi connectivity index (χ3v) is 4.52. The number of carbonyl (C=O) groups is 2. The van der Waals surface area contributed by atoms with E-state index in [4.69, 9.17) is 0 Å². The quantitative estimate of drug-likeness (QED) is 0.680. The van der Waals surface area contributed by atoms with Crippen molar-refractivity contribution in [3.05, 3.63) is 28.7 Å². The van der Waals surface area contributed by atoms with E-state index in [0.717, 1.165) is 17.2 Å². The van der Waals surface area contributed by atoms with Crippen LogP contribution >= 0.6 is 0 Å². The van der Waals surface area contributed by atoms with Crippen LogP contribution in [0.4, 0.5) is 0 Å². The van der Waals surface area contributed by atoms with Gasteiger partial charge >= 0.3 is 0 Å². The van der Waals surface area contributed by atoms with Crippen LogP contribution in [0.3, 0.4) is 0 Å². The Kier molecular flexibility index (Phi) is 3.73. The average molecular weight is 299 g/mol. The molecule has 2 amide bonds. The molecule has 2 rings (SSSR count). The van der Waals surface area contributed by atoms with Crippen molar-refractivity contribution in [3.8, 4) is 0 Å². The molecule has 0 aliphatic carbocycles. The van der Waals surface area contributed by atoms with Gasteiger partial charge in [0, 0.05) is 31.9 Å². The van der Waals surface area contributed by atoms with E-state index >= 15 is 0 Å². The Balaban J connectivity index is 2.26. The minimum atomic E-state index is -4.12. The molecule has 0 saturated carbocycles. The first-order valence-electron chi connectivity index (χ1n) is 5.83. The average Bonchev–Trinajstić information content (AvgIpc) is 2.40. The molecule has 1 aromatic heterocycles. The number of nitrogens with zero attached hydrogens (tertiary/aromatic N) is 1. The normalized spacial score (nSPS) is 20.2. The number of aromatic amines is 1. The summed E-state index contributed by atoms with van der Waals surface area (Å²) >= 11 is 0. The monoisotopic (exact) mass is 299 g/mol. The molecular formula is C11H13N3O5S. The molecule has 1 aliphatic heterocycles. The Bertz CT molecular complexity index is 709. The number of piperidine rings is 1. The van der Waals surface area contributed by atoms with Gasteiger partial charge in [0.1, 0.15) is 10.9 Å². The fourth-order valence-electron chi connectivity index (χ4n) is 1.89. The second kappa shape index (κ2) is 5.17. The van der Waals surface area contributed by atoms with Gasteiger partial charge in [-0.3, -0.25) is 19.3 Å². The molecule has 20 heavy (non-hydrogen) atoms. The highest BCUT2D eigenvalue weighted by Gasteiger charge is 2.35. The van der Waals surface area contributed by atoms with Gasteiger partial charge in [0.05, 0.1) is 0 Å². The number of likely N-dealkylation sites (N-methyl/N-ethyl adjacent to an activating group) is 1. The summed E-state index contributed by atoms with van der Waals surface area (Å²) in [5.74, 6) is -0.986. The standard InChI is InChI=1S/C11H13N3O5S/c1-14-10(16)3-2-7(11(14)17)13-20(18,19)9-6-12-5-4-8(9)15/h4-7,13H,2-3H2,1H3,(H,12,15). The maximum atomic E-state index is 12.1. The van der Waals surface area contributed by atoms with E-state index in [9.17, 15) is 22.8 Å². The molecule has 1 atom stereocenters. The van der Waals surface area contributed by atoms with Gasteiger partial charge in [-0.15, -0.1) is 0 Å². The van der Waals surface area contributed by atoms with Gasteiger partial charge in [-0.1, -0.05) is 0 Å². The van der Waals surface area contributed by atoms with Crippen LogP contribution in [-0.2, 0) is 19.6 Å². The number of likely N-dealkylation sites (tertiary alicyclic amines) is 1. The topological polar surface area (TPSA) is 116 Å². The van der Waals surface area contributed by atoms with E-state index in [1.807, 2.05) is 0 Å². The van der Waals surface area contributed by atoms with Crippen molar-refractivity contribution in [1.82, 2.24) is 14.6 Å². The van der Waals surface area contributed by atoms with Crippen molar-refractivity contribution in [2.75, 3.05) is 7.05 Å². The highest BCUT2D eigenvalue weighted by atomic mass is 32.2. The Hall–Kier alpha value is -2.00. The molecule has 9 heteroatoms. The van der Waals surface area contributed by atoms with Gasteiger partial charge in [0.15, 0.2) is 0 Å². The maximum Gasteiger partial charge on any atom is 0.247 e. The summed E-state index contributed by atoms with van der Waals surface area (Å²) in [6.07, 6.45) is 2.50. The highest BCUT2D eigenvalue weighted by Crippen LogP contribution is 2.13. The summed E-state index contributed by atoms with van der Waals surface area (Å²) < 4.78 is 26.3. The van der Waals surface area contributed by atoms with Crippen LogP contribution in [0.1, 0.15) is 12.8 Å². The number of hydrogen-bond donors (Lipinski definition) is 2. The summed E-state index contributed by atoms with van der Waals surface area (Å²) in [5, 5.41) is 0. The predicted octanol–water partition coefficient (Wildman–Crippen LogP) is -1.20. The van der Waals surface area contributed by atoms with E-state index in [1.165, 1.54) is 13.2 Å². The van der Waals surface area contributed by atoms with Gasteiger partial charge in [0.25, 0.3) is 0 Å². The minimum Gasteiger partial charge on any atom is -0.366 e. The molecular weight excluding hydrogens is 286 g/mol. The Morgan fingerprint density at radius 3 is 2.70 bits per heavy atom. The molecule has 0 aromatic carbocycles. The van der Waals surface area contributed by atoms with Crippen molar-refractivity contribution in [2.45, 2.75) is 23.8 Å². The number of nitrogens with one attached hydrogen (secondary N) is 2. The summed E-state index contributed by atoms with van der Waals surface area (Å²) in [7, 11) is -2.82. The second-order valence-corrected chi connectivity index (χ2v) is 6.06. The molecule has 1 aliphatic rings. The molecule has 1 unspecified atom stereocenters. The SMILES string of the molecule is CN1C(=O)CCC(NS(=O)(=O)c2c[nH]ccc2=O)C1=O. The second-order valence-electron chi connectivity index (χ2n) is 4.38. The van der Waals surface area contributed by atoms with Crippen molar-refractivity contribution >= 4 is 21.8 Å². The Morgan fingerprint density at radius 1 is 1.35 bits per heavy atom. The fourth-order valence-corrected chi connectivity index (χ4v) is 3.16. The number of pyridine rings is 1. The van der Waals surface area contributed by atoms with E-state index in [0.29, 0.717) is 0 Å². The van der Waals surface area contributed by atoms with Gasteiger partial charge in [-0.2, -0.15) is 4.72 Å². The Morgan fingerprint density at radius 2 is 2.05 bits per heavy atom. The van der Waals surface area contributed by atoms with Gasteiger partial charge in [-0.25, -0.2) is 8.42 Å². The molecule has 1 saturated heterocycles. The van der Waals surface area contributed by atoms with E-state index < -0.39 is 32.3 Å². The van der Waals surface area contributed by atoms with Crippen molar-refractivity contribution in [1.29, 1.82) is 0 Å². The number of aromatic nitrogens is 1. The van der Waals surface area contributed by atoms with Gasteiger partial charge < -0.3 is 4.98 Å². The molecule has 1 aromatic rings. The van der Waals surface area contributed by atoms with Crippen LogP contribution in [-0.4, -0.2) is 43.2 Å². The number of imide groups is 1. The van der Waals surface area contributed by atoms with Crippen LogP contribution in [0.2, 0.25) is 0 Å². The van der Waals surface area contributed by atoms with Gasteiger partial charge in [0.2, 0.25) is 27.3 Å². The van der Waals surface area contributed by atoms with Crippen LogP contribution in [0.25, 0.3) is 0 Å². The number of amides is 2. The third kappa shape index (κ3) is 2.63. The summed E-state index contributed by atoms with van der Waals surface area (Å²) in [6.45, 7) is 0. The molecule has 108 valence electrons. The number of hydrogen-bond acceptors (Lipinski definition) is 5. The third-order valence-electron chi connectivity index (χ3n) is 3.02. The zero-order valence-electron chi connectivity index (χ0n) is 10.6. The van der Waals surface area contributed by atoms with Gasteiger partial charge in [-0.05, 0) is 6.42 Å². The van der Waals surface area contributed by atoms with E-state index in [-0.39, 0.29) is 18.7 Å². The molecule has 0 radical (unpaired) electrons.